The van der Waals surface area contributed by atoms with Crippen LogP contribution < -0.4 is 16.0 Å². The molecule has 1 saturated heterocycles. The van der Waals surface area contributed by atoms with Crippen LogP contribution >= 0.6 is 0 Å². The Morgan fingerprint density at radius 3 is 2.31 bits per heavy atom. The molecule has 1 atom stereocenters. The van der Waals surface area contributed by atoms with Gasteiger partial charge >= 0.3 is 12.2 Å². The Morgan fingerprint density at radius 2 is 1.83 bits per heavy atom. The van der Waals surface area contributed by atoms with E-state index in [9.17, 15) is 9.59 Å². The molecule has 1 aliphatic heterocycles. The van der Waals surface area contributed by atoms with Crippen LogP contribution in [-0.2, 0) is 9.47 Å². The maximum Gasteiger partial charge on any atom is 0.409 e. The average Bonchev–Trinajstić information content (AvgIpc) is 2.62. The van der Waals surface area contributed by atoms with Gasteiger partial charge in [0, 0.05) is 32.7 Å². The first kappa shape index (κ1) is 24.8. The summed E-state index contributed by atoms with van der Waals surface area (Å²) in [5.74, 6) is 0.900. The maximum absolute atomic E-state index is 12.1. The number of ether oxygens (including phenoxy) is 2. The van der Waals surface area contributed by atoms with Gasteiger partial charge < -0.3 is 30.3 Å². The van der Waals surface area contributed by atoms with Crippen molar-refractivity contribution in [2.45, 2.75) is 72.1 Å². The SMILES string of the molecule is CCOC(=O)N1CCC(NC(=NC)NCC(NC(=O)OC(C)(C)C)C(C)C)CC1. The number of alkyl carbamates (subject to hydrolysis) is 1. The van der Waals surface area contributed by atoms with Crippen molar-refractivity contribution in [2.24, 2.45) is 10.9 Å². The number of hydrogen-bond donors (Lipinski definition) is 3. The number of aliphatic imine (C=N–C) groups is 1. The van der Waals surface area contributed by atoms with Crippen molar-refractivity contribution in [1.82, 2.24) is 20.9 Å². The van der Waals surface area contributed by atoms with Gasteiger partial charge in [-0.15, -0.1) is 0 Å². The maximum atomic E-state index is 12.1. The smallest absolute Gasteiger partial charge is 0.409 e. The highest BCUT2D eigenvalue weighted by molar-refractivity contribution is 5.80. The molecule has 0 aromatic rings. The molecule has 0 aromatic heterocycles. The summed E-state index contributed by atoms with van der Waals surface area (Å²) in [6.45, 7) is 13.7. The number of amides is 2. The summed E-state index contributed by atoms with van der Waals surface area (Å²) < 4.78 is 10.4. The van der Waals surface area contributed by atoms with Crippen molar-refractivity contribution < 1.29 is 19.1 Å². The van der Waals surface area contributed by atoms with Crippen LogP contribution in [0.1, 0.15) is 54.4 Å². The van der Waals surface area contributed by atoms with Crippen LogP contribution in [0.25, 0.3) is 0 Å². The Bertz CT molecular complexity index is 552. The summed E-state index contributed by atoms with van der Waals surface area (Å²) >= 11 is 0. The molecule has 1 unspecified atom stereocenters. The third kappa shape index (κ3) is 9.71. The number of rotatable bonds is 6. The minimum atomic E-state index is -0.533. The molecule has 0 radical (unpaired) electrons. The van der Waals surface area contributed by atoms with Gasteiger partial charge in [0.1, 0.15) is 5.60 Å². The largest absolute Gasteiger partial charge is 0.450 e. The number of nitrogens with one attached hydrogen (secondary N) is 3. The number of likely N-dealkylation sites (tertiary alicyclic amines) is 1. The van der Waals surface area contributed by atoms with Crippen molar-refractivity contribution in [3.63, 3.8) is 0 Å². The molecule has 168 valence electrons. The Kier molecular flexibility index (Phi) is 10.0. The molecule has 0 spiro atoms. The van der Waals surface area contributed by atoms with Gasteiger partial charge in [0.05, 0.1) is 12.6 Å². The van der Waals surface area contributed by atoms with Crippen molar-refractivity contribution >= 4 is 18.1 Å². The molecule has 2 amide bonds. The molecule has 0 saturated carbocycles. The van der Waals surface area contributed by atoms with Crippen LogP contribution in [0.4, 0.5) is 9.59 Å². The van der Waals surface area contributed by atoms with Gasteiger partial charge in [-0.1, -0.05) is 13.8 Å². The van der Waals surface area contributed by atoms with Gasteiger partial charge in [0.25, 0.3) is 0 Å². The molecular weight excluding hydrogens is 374 g/mol. The van der Waals surface area contributed by atoms with Crippen LogP contribution in [0.2, 0.25) is 0 Å². The molecule has 1 rings (SSSR count). The topological polar surface area (TPSA) is 104 Å². The Morgan fingerprint density at radius 1 is 1.21 bits per heavy atom. The lowest BCUT2D eigenvalue weighted by molar-refractivity contribution is 0.0491. The quantitative estimate of drug-likeness (QED) is 0.456. The lowest BCUT2D eigenvalue weighted by Crippen LogP contribution is -2.53. The van der Waals surface area contributed by atoms with E-state index in [2.05, 4.69) is 20.9 Å². The van der Waals surface area contributed by atoms with Crippen molar-refractivity contribution in [1.29, 1.82) is 0 Å². The molecule has 1 fully saturated rings. The van der Waals surface area contributed by atoms with Gasteiger partial charge in [0.15, 0.2) is 5.96 Å². The third-order valence-electron chi connectivity index (χ3n) is 4.58. The predicted octanol–water partition coefficient (Wildman–Crippen LogP) is 2.32. The van der Waals surface area contributed by atoms with Crippen LogP contribution in [0.5, 0.6) is 0 Å². The minimum Gasteiger partial charge on any atom is -0.450 e. The molecule has 29 heavy (non-hydrogen) atoms. The second-order valence-corrected chi connectivity index (χ2v) is 8.55. The average molecular weight is 414 g/mol. The molecule has 3 N–H and O–H groups in total. The van der Waals surface area contributed by atoms with E-state index >= 15 is 0 Å². The number of hydrogen-bond acceptors (Lipinski definition) is 5. The first-order valence-electron chi connectivity index (χ1n) is 10.4. The number of carbonyl (C=O) groups excluding carboxylic acids is 2. The van der Waals surface area contributed by atoms with Crippen LogP contribution in [0.3, 0.4) is 0 Å². The van der Waals surface area contributed by atoms with E-state index in [1.54, 1.807) is 11.9 Å². The van der Waals surface area contributed by atoms with Crippen molar-refractivity contribution in [2.75, 3.05) is 33.3 Å². The molecule has 0 aromatic carbocycles. The second kappa shape index (κ2) is 11.7. The first-order chi connectivity index (χ1) is 13.6. The van der Waals surface area contributed by atoms with Gasteiger partial charge in [-0.3, -0.25) is 4.99 Å². The van der Waals surface area contributed by atoms with Gasteiger partial charge in [-0.05, 0) is 46.5 Å². The molecule has 9 nitrogen and oxygen atoms in total. The zero-order chi connectivity index (χ0) is 22.0. The second-order valence-electron chi connectivity index (χ2n) is 8.55. The highest BCUT2D eigenvalue weighted by Crippen LogP contribution is 2.12. The molecule has 9 heteroatoms. The zero-order valence-corrected chi connectivity index (χ0v) is 19.0. The molecular formula is C20H39N5O4. The summed E-state index contributed by atoms with van der Waals surface area (Å²) in [7, 11) is 1.72. The Balaban J connectivity index is 2.47. The Hall–Kier alpha value is -2.19. The zero-order valence-electron chi connectivity index (χ0n) is 19.0. The van der Waals surface area contributed by atoms with E-state index in [-0.39, 0.29) is 24.1 Å². The standard InChI is InChI=1S/C20H39N5O4/c1-8-28-19(27)25-11-9-15(10-12-25)23-17(21-7)22-13-16(14(2)3)24-18(26)29-20(4,5)6/h14-16H,8-13H2,1-7H3,(H,24,26)(H2,21,22,23). The molecule has 0 aliphatic carbocycles. The van der Waals surface area contributed by atoms with E-state index in [1.165, 1.54) is 0 Å². The van der Waals surface area contributed by atoms with Gasteiger partial charge in [-0.2, -0.15) is 0 Å². The Labute approximate surface area is 175 Å². The minimum absolute atomic E-state index is 0.103. The highest BCUT2D eigenvalue weighted by atomic mass is 16.6. The number of piperidine rings is 1. The summed E-state index contributed by atoms with van der Waals surface area (Å²) in [5.41, 5.74) is -0.533. The normalized spacial score (nSPS) is 17.0. The van der Waals surface area contributed by atoms with E-state index < -0.39 is 11.7 Å². The number of nitrogens with zero attached hydrogens (tertiary/aromatic N) is 2. The number of carbonyl (C=O) groups is 2. The third-order valence-corrected chi connectivity index (χ3v) is 4.58. The van der Waals surface area contributed by atoms with Crippen molar-refractivity contribution in [3.8, 4) is 0 Å². The van der Waals surface area contributed by atoms with Crippen molar-refractivity contribution in [3.05, 3.63) is 0 Å². The van der Waals surface area contributed by atoms with E-state index in [1.807, 2.05) is 41.5 Å². The summed E-state index contributed by atoms with van der Waals surface area (Å²) in [6.07, 6.45) is 0.973. The summed E-state index contributed by atoms with van der Waals surface area (Å²) in [5, 5.41) is 9.60. The molecule has 0 bridgehead atoms. The van der Waals surface area contributed by atoms with Crippen LogP contribution in [0.15, 0.2) is 4.99 Å². The fourth-order valence-electron chi connectivity index (χ4n) is 2.93. The fourth-order valence-corrected chi connectivity index (χ4v) is 2.93. The van der Waals surface area contributed by atoms with E-state index in [0.717, 1.165) is 12.8 Å². The number of guanidine groups is 1. The monoisotopic (exact) mass is 413 g/mol. The van der Waals surface area contributed by atoms with E-state index in [4.69, 9.17) is 9.47 Å². The fraction of sp³-hybridized carbons (Fsp3) is 0.850. The summed E-state index contributed by atoms with van der Waals surface area (Å²) in [4.78, 5) is 29.9. The summed E-state index contributed by atoms with van der Waals surface area (Å²) in [6, 6.07) is 0.122. The lowest BCUT2D eigenvalue weighted by atomic mass is 10.0. The highest BCUT2D eigenvalue weighted by Gasteiger charge is 2.25. The predicted molar refractivity (Wildman–Crippen MR) is 114 cm³/mol. The van der Waals surface area contributed by atoms with Crippen LogP contribution in [-0.4, -0.2) is 74.0 Å². The van der Waals surface area contributed by atoms with Crippen LogP contribution in [0, 0.1) is 5.92 Å². The first-order valence-corrected chi connectivity index (χ1v) is 10.4. The van der Waals surface area contributed by atoms with Gasteiger partial charge in [0.2, 0.25) is 0 Å². The van der Waals surface area contributed by atoms with E-state index in [0.29, 0.717) is 32.2 Å². The molecule has 1 heterocycles. The molecule has 1 aliphatic rings. The lowest BCUT2D eigenvalue weighted by Gasteiger charge is -2.32. The van der Waals surface area contributed by atoms with Gasteiger partial charge in [-0.25, -0.2) is 9.59 Å².